The van der Waals surface area contributed by atoms with Gasteiger partial charge in [-0.25, -0.2) is 4.79 Å². The van der Waals surface area contributed by atoms with Crippen LogP contribution in [0.2, 0.25) is 0 Å². The van der Waals surface area contributed by atoms with Gasteiger partial charge in [-0.2, -0.15) is 0 Å². The molecule has 2 rings (SSSR count). The lowest BCUT2D eigenvalue weighted by Crippen LogP contribution is -2.44. The highest BCUT2D eigenvalue weighted by molar-refractivity contribution is 5.74. The van der Waals surface area contributed by atoms with E-state index in [-0.39, 0.29) is 6.03 Å². The second-order valence-electron chi connectivity index (χ2n) is 5.03. The molecule has 0 aliphatic heterocycles. The summed E-state index contributed by atoms with van der Waals surface area (Å²) in [6.45, 7) is 1.37. The molecule has 0 radical (unpaired) electrons. The summed E-state index contributed by atoms with van der Waals surface area (Å²) in [5.41, 5.74) is 1.08. The summed E-state index contributed by atoms with van der Waals surface area (Å²) in [5, 5.41) is 9.19. The fourth-order valence-corrected chi connectivity index (χ4v) is 2.42. The van der Waals surface area contributed by atoms with Crippen LogP contribution in [0.3, 0.4) is 0 Å². The molecule has 0 bridgehead atoms. The van der Waals surface area contributed by atoms with Gasteiger partial charge in [-0.1, -0.05) is 37.5 Å². The van der Waals surface area contributed by atoms with Crippen LogP contribution in [0.5, 0.6) is 0 Å². The van der Waals surface area contributed by atoms with E-state index in [1.54, 1.807) is 0 Å². The third-order valence-corrected chi connectivity index (χ3v) is 3.45. The van der Waals surface area contributed by atoms with Crippen LogP contribution in [0.25, 0.3) is 0 Å². The van der Waals surface area contributed by atoms with E-state index in [1.165, 1.54) is 19.3 Å². The fourth-order valence-electron chi connectivity index (χ4n) is 2.42. The standard InChI is InChI=1S/C15H23N3O/c19-15(18-14-9-5-2-6-10-14)17-12-11-16-13-7-3-1-4-8-13/h1,3-4,7-8,14,16H,2,5-6,9-12H2,(H2,17,18,19). The van der Waals surface area contributed by atoms with E-state index < -0.39 is 0 Å². The van der Waals surface area contributed by atoms with Crippen molar-refractivity contribution in [3.63, 3.8) is 0 Å². The monoisotopic (exact) mass is 261 g/mol. The Kier molecular flexibility index (Phi) is 5.53. The quantitative estimate of drug-likeness (QED) is 0.714. The molecular formula is C15H23N3O. The van der Waals surface area contributed by atoms with E-state index >= 15 is 0 Å². The predicted molar refractivity (Wildman–Crippen MR) is 78.3 cm³/mol. The number of carbonyl (C=O) groups is 1. The molecule has 19 heavy (non-hydrogen) atoms. The molecule has 4 nitrogen and oxygen atoms in total. The Morgan fingerprint density at radius 3 is 2.53 bits per heavy atom. The largest absolute Gasteiger partial charge is 0.383 e. The highest BCUT2D eigenvalue weighted by atomic mass is 16.2. The van der Waals surface area contributed by atoms with Gasteiger partial charge in [0.15, 0.2) is 0 Å². The summed E-state index contributed by atoms with van der Waals surface area (Å²) in [7, 11) is 0. The van der Waals surface area contributed by atoms with Gasteiger partial charge in [-0.3, -0.25) is 0 Å². The van der Waals surface area contributed by atoms with Gasteiger partial charge in [0.2, 0.25) is 0 Å². The van der Waals surface area contributed by atoms with Gasteiger partial charge in [0.05, 0.1) is 0 Å². The van der Waals surface area contributed by atoms with Crippen molar-refractivity contribution in [3.05, 3.63) is 30.3 Å². The van der Waals surface area contributed by atoms with Crippen LogP contribution in [0.1, 0.15) is 32.1 Å². The molecule has 0 atom stereocenters. The maximum absolute atomic E-state index is 11.7. The normalized spacial score (nSPS) is 15.8. The van der Waals surface area contributed by atoms with E-state index in [9.17, 15) is 4.79 Å². The number of hydrogen-bond acceptors (Lipinski definition) is 2. The van der Waals surface area contributed by atoms with Crippen molar-refractivity contribution in [2.75, 3.05) is 18.4 Å². The van der Waals surface area contributed by atoms with Crippen LogP contribution in [0.4, 0.5) is 10.5 Å². The molecular weight excluding hydrogens is 238 g/mol. The number of benzene rings is 1. The molecule has 0 saturated heterocycles. The molecule has 104 valence electrons. The number of para-hydroxylation sites is 1. The summed E-state index contributed by atoms with van der Waals surface area (Å²) in [6, 6.07) is 10.3. The minimum atomic E-state index is -0.0400. The molecule has 1 aliphatic rings. The Bertz CT molecular complexity index is 374. The van der Waals surface area contributed by atoms with Crippen LogP contribution < -0.4 is 16.0 Å². The van der Waals surface area contributed by atoms with Gasteiger partial charge < -0.3 is 16.0 Å². The average molecular weight is 261 g/mol. The zero-order valence-corrected chi connectivity index (χ0v) is 11.3. The molecule has 0 spiro atoms. The van der Waals surface area contributed by atoms with Crippen molar-refractivity contribution >= 4 is 11.7 Å². The molecule has 3 N–H and O–H groups in total. The number of amides is 2. The average Bonchev–Trinajstić information content (AvgIpc) is 2.46. The lowest BCUT2D eigenvalue weighted by atomic mass is 9.96. The molecule has 2 amide bonds. The number of rotatable bonds is 5. The Balaban J connectivity index is 1.56. The van der Waals surface area contributed by atoms with Gasteiger partial charge >= 0.3 is 6.03 Å². The first-order valence-electron chi connectivity index (χ1n) is 7.18. The molecule has 1 fully saturated rings. The Morgan fingerprint density at radius 1 is 1.05 bits per heavy atom. The maximum Gasteiger partial charge on any atom is 0.315 e. The van der Waals surface area contributed by atoms with Crippen molar-refractivity contribution < 1.29 is 4.79 Å². The second kappa shape index (κ2) is 7.67. The van der Waals surface area contributed by atoms with Gasteiger partial charge in [-0.15, -0.1) is 0 Å². The Morgan fingerprint density at radius 2 is 1.79 bits per heavy atom. The molecule has 1 aromatic carbocycles. The highest BCUT2D eigenvalue weighted by Crippen LogP contribution is 2.17. The lowest BCUT2D eigenvalue weighted by molar-refractivity contribution is 0.233. The summed E-state index contributed by atoms with van der Waals surface area (Å²) in [6.07, 6.45) is 6.02. The van der Waals surface area contributed by atoms with Gasteiger partial charge in [0.1, 0.15) is 0 Å². The smallest absolute Gasteiger partial charge is 0.315 e. The first-order valence-corrected chi connectivity index (χ1v) is 7.18. The van der Waals surface area contributed by atoms with Gasteiger partial charge in [0.25, 0.3) is 0 Å². The molecule has 0 heterocycles. The van der Waals surface area contributed by atoms with E-state index in [2.05, 4.69) is 16.0 Å². The van der Waals surface area contributed by atoms with E-state index in [1.807, 2.05) is 30.3 Å². The molecule has 0 aromatic heterocycles. The van der Waals surface area contributed by atoms with Gasteiger partial charge in [0, 0.05) is 24.8 Å². The molecule has 1 saturated carbocycles. The zero-order valence-electron chi connectivity index (χ0n) is 11.3. The summed E-state index contributed by atoms with van der Waals surface area (Å²) >= 11 is 0. The molecule has 1 aromatic rings. The highest BCUT2D eigenvalue weighted by Gasteiger charge is 2.14. The van der Waals surface area contributed by atoms with Crippen LogP contribution in [0, 0.1) is 0 Å². The summed E-state index contributed by atoms with van der Waals surface area (Å²) in [4.78, 5) is 11.7. The molecule has 4 heteroatoms. The number of anilines is 1. The Hall–Kier alpha value is -1.71. The first kappa shape index (κ1) is 13.7. The van der Waals surface area contributed by atoms with Crippen molar-refractivity contribution in [2.45, 2.75) is 38.1 Å². The summed E-state index contributed by atoms with van der Waals surface area (Å²) in [5.74, 6) is 0. The molecule has 1 aliphatic carbocycles. The second-order valence-corrected chi connectivity index (χ2v) is 5.03. The minimum absolute atomic E-state index is 0.0400. The van der Waals surface area contributed by atoms with E-state index in [0.717, 1.165) is 25.1 Å². The van der Waals surface area contributed by atoms with Crippen LogP contribution in [0.15, 0.2) is 30.3 Å². The summed E-state index contributed by atoms with van der Waals surface area (Å²) < 4.78 is 0. The number of carbonyl (C=O) groups excluding carboxylic acids is 1. The number of hydrogen-bond donors (Lipinski definition) is 3. The van der Waals surface area contributed by atoms with Crippen molar-refractivity contribution in [1.29, 1.82) is 0 Å². The fraction of sp³-hybridized carbons (Fsp3) is 0.533. The topological polar surface area (TPSA) is 53.2 Å². The van der Waals surface area contributed by atoms with Crippen molar-refractivity contribution in [3.8, 4) is 0 Å². The molecule has 0 unspecified atom stereocenters. The zero-order chi connectivity index (χ0) is 13.3. The number of urea groups is 1. The van der Waals surface area contributed by atoms with E-state index in [0.29, 0.717) is 12.6 Å². The van der Waals surface area contributed by atoms with Crippen LogP contribution in [-0.4, -0.2) is 25.2 Å². The third-order valence-electron chi connectivity index (χ3n) is 3.45. The first-order chi connectivity index (χ1) is 9.34. The Labute approximate surface area is 115 Å². The van der Waals surface area contributed by atoms with Crippen LogP contribution in [-0.2, 0) is 0 Å². The minimum Gasteiger partial charge on any atom is -0.383 e. The van der Waals surface area contributed by atoms with Crippen molar-refractivity contribution in [2.24, 2.45) is 0 Å². The van der Waals surface area contributed by atoms with E-state index in [4.69, 9.17) is 0 Å². The SMILES string of the molecule is O=C(NCCNc1ccccc1)NC1CCCCC1. The van der Waals surface area contributed by atoms with Crippen LogP contribution >= 0.6 is 0 Å². The third kappa shape index (κ3) is 5.20. The maximum atomic E-state index is 11.7. The lowest BCUT2D eigenvalue weighted by Gasteiger charge is -2.22. The number of nitrogens with one attached hydrogen (secondary N) is 3. The van der Waals surface area contributed by atoms with Gasteiger partial charge in [-0.05, 0) is 25.0 Å². The van der Waals surface area contributed by atoms with Crippen molar-refractivity contribution in [1.82, 2.24) is 10.6 Å². The predicted octanol–water partition coefficient (Wildman–Crippen LogP) is 2.73.